The van der Waals surface area contributed by atoms with E-state index in [1.165, 1.54) is 25.0 Å². The summed E-state index contributed by atoms with van der Waals surface area (Å²) in [6, 6.07) is 4.66. The molecule has 0 aromatic heterocycles. The average molecular weight is 319 g/mol. The Morgan fingerprint density at radius 1 is 1.44 bits per heavy atom. The van der Waals surface area contributed by atoms with Gasteiger partial charge in [0, 0.05) is 22.3 Å². The van der Waals surface area contributed by atoms with Crippen LogP contribution in [-0.4, -0.2) is 19.6 Å². The van der Waals surface area contributed by atoms with Crippen LogP contribution in [0.4, 0.5) is 14.5 Å². The third kappa shape index (κ3) is 3.65. The second kappa shape index (κ2) is 6.48. The standard InChI is InChI=1S/C13H17BrF2N2/c14-11-6-10(13(15)16)3-4-12(11)18-8-9-2-1-5-17-7-9/h3-4,6,9,13,17-18H,1-2,5,7-8H2. The lowest BCUT2D eigenvalue weighted by molar-refractivity contribution is 0.151. The van der Waals surface area contributed by atoms with Crippen molar-refractivity contribution in [1.82, 2.24) is 5.32 Å². The van der Waals surface area contributed by atoms with Crippen molar-refractivity contribution in [1.29, 1.82) is 0 Å². The van der Waals surface area contributed by atoms with Crippen LogP contribution in [0.2, 0.25) is 0 Å². The quantitative estimate of drug-likeness (QED) is 0.882. The molecule has 0 saturated carbocycles. The third-order valence-electron chi connectivity index (χ3n) is 3.23. The highest BCUT2D eigenvalue weighted by atomic mass is 79.9. The van der Waals surface area contributed by atoms with E-state index in [0.29, 0.717) is 10.4 Å². The summed E-state index contributed by atoms with van der Waals surface area (Å²) in [5.74, 6) is 0.612. The van der Waals surface area contributed by atoms with Crippen molar-refractivity contribution in [2.45, 2.75) is 19.3 Å². The van der Waals surface area contributed by atoms with Crippen LogP contribution < -0.4 is 10.6 Å². The van der Waals surface area contributed by atoms with Gasteiger partial charge in [0.1, 0.15) is 0 Å². The molecule has 1 aromatic rings. The molecule has 0 bridgehead atoms. The van der Waals surface area contributed by atoms with Crippen LogP contribution in [0.15, 0.2) is 22.7 Å². The van der Waals surface area contributed by atoms with E-state index in [4.69, 9.17) is 0 Å². The molecule has 1 aliphatic heterocycles. The highest BCUT2D eigenvalue weighted by Gasteiger charge is 2.14. The third-order valence-corrected chi connectivity index (χ3v) is 3.88. The average Bonchev–Trinajstić information content (AvgIpc) is 2.38. The summed E-state index contributed by atoms with van der Waals surface area (Å²) in [6.45, 7) is 3.00. The zero-order valence-electron chi connectivity index (χ0n) is 10.1. The Labute approximate surface area is 114 Å². The molecule has 0 spiro atoms. The van der Waals surface area contributed by atoms with Gasteiger partial charge in [-0.05, 0) is 59.9 Å². The van der Waals surface area contributed by atoms with Crippen molar-refractivity contribution in [2.24, 2.45) is 5.92 Å². The zero-order valence-corrected chi connectivity index (χ0v) is 11.6. The van der Waals surface area contributed by atoms with Gasteiger partial charge in [0.25, 0.3) is 6.43 Å². The highest BCUT2D eigenvalue weighted by molar-refractivity contribution is 9.10. The molecule has 18 heavy (non-hydrogen) atoms. The maximum absolute atomic E-state index is 12.5. The first-order valence-electron chi connectivity index (χ1n) is 6.19. The van der Waals surface area contributed by atoms with E-state index in [1.54, 1.807) is 6.07 Å². The van der Waals surface area contributed by atoms with Crippen LogP contribution in [0.25, 0.3) is 0 Å². The molecule has 1 aliphatic rings. The zero-order chi connectivity index (χ0) is 13.0. The van der Waals surface area contributed by atoms with E-state index in [0.717, 1.165) is 25.3 Å². The number of halogens is 3. The number of nitrogens with one attached hydrogen (secondary N) is 2. The number of benzene rings is 1. The lowest BCUT2D eigenvalue weighted by Gasteiger charge is -2.23. The first kappa shape index (κ1) is 13.7. The summed E-state index contributed by atoms with van der Waals surface area (Å²) < 4.78 is 25.7. The fraction of sp³-hybridized carbons (Fsp3) is 0.538. The van der Waals surface area contributed by atoms with Crippen LogP contribution in [0.5, 0.6) is 0 Å². The normalized spacial score (nSPS) is 20.1. The number of anilines is 1. The van der Waals surface area contributed by atoms with Crippen molar-refractivity contribution in [2.75, 3.05) is 25.0 Å². The molecule has 1 saturated heterocycles. The Morgan fingerprint density at radius 3 is 2.89 bits per heavy atom. The predicted octanol–water partition coefficient (Wildman–Crippen LogP) is 3.80. The predicted molar refractivity (Wildman–Crippen MR) is 73.2 cm³/mol. The van der Waals surface area contributed by atoms with Crippen molar-refractivity contribution in [3.05, 3.63) is 28.2 Å². The Balaban J connectivity index is 1.92. The first-order chi connectivity index (χ1) is 8.66. The molecule has 2 nitrogen and oxygen atoms in total. The smallest absolute Gasteiger partial charge is 0.263 e. The van der Waals surface area contributed by atoms with Crippen LogP contribution in [0, 0.1) is 5.92 Å². The Bertz CT molecular complexity index is 393. The largest absolute Gasteiger partial charge is 0.384 e. The van der Waals surface area contributed by atoms with E-state index in [9.17, 15) is 8.78 Å². The van der Waals surface area contributed by atoms with Gasteiger partial charge in [-0.15, -0.1) is 0 Å². The molecule has 2 N–H and O–H groups in total. The summed E-state index contributed by atoms with van der Waals surface area (Å²) in [5.41, 5.74) is 0.928. The highest BCUT2D eigenvalue weighted by Crippen LogP contribution is 2.28. The number of rotatable bonds is 4. The lowest BCUT2D eigenvalue weighted by Crippen LogP contribution is -2.33. The summed E-state index contributed by atoms with van der Waals surface area (Å²) >= 11 is 3.33. The van der Waals surface area contributed by atoms with E-state index < -0.39 is 6.43 Å². The summed E-state index contributed by atoms with van der Waals surface area (Å²) in [4.78, 5) is 0. The topological polar surface area (TPSA) is 24.1 Å². The molecule has 1 unspecified atom stereocenters. The van der Waals surface area contributed by atoms with Gasteiger partial charge in [0.05, 0.1) is 0 Å². The van der Waals surface area contributed by atoms with E-state index >= 15 is 0 Å². The minimum atomic E-state index is -2.42. The van der Waals surface area contributed by atoms with Gasteiger partial charge >= 0.3 is 0 Å². The molecule has 1 atom stereocenters. The lowest BCUT2D eigenvalue weighted by atomic mass is 10.00. The van der Waals surface area contributed by atoms with Crippen molar-refractivity contribution >= 4 is 21.6 Å². The van der Waals surface area contributed by atoms with Gasteiger partial charge in [0.2, 0.25) is 0 Å². The minimum Gasteiger partial charge on any atom is -0.384 e. The number of piperidine rings is 1. The van der Waals surface area contributed by atoms with Gasteiger partial charge in [-0.1, -0.05) is 6.07 Å². The molecule has 0 aliphatic carbocycles. The molecule has 2 rings (SSSR count). The number of hydrogen-bond acceptors (Lipinski definition) is 2. The van der Waals surface area contributed by atoms with Crippen molar-refractivity contribution < 1.29 is 8.78 Å². The van der Waals surface area contributed by atoms with Gasteiger partial charge < -0.3 is 10.6 Å². The van der Waals surface area contributed by atoms with Gasteiger partial charge in [0.15, 0.2) is 0 Å². The van der Waals surface area contributed by atoms with Gasteiger partial charge in [-0.3, -0.25) is 0 Å². The number of alkyl halides is 2. The van der Waals surface area contributed by atoms with E-state index in [1.807, 2.05) is 0 Å². The second-order valence-electron chi connectivity index (χ2n) is 4.63. The Morgan fingerprint density at radius 2 is 2.28 bits per heavy atom. The van der Waals surface area contributed by atoms with Crippen molar-refractivity contribution in [3.63, 3.8) is 0 Å². The van der Waals surface area contributed by atoms with Gasteiger partial charge in [-0.2, -0.15) is 0 Å². The van der Waals surface area contributed by atoms with Crippen LogP contribution >= 0.6 is 15.9 Å². The molecule has 1 aromatic carbocycles. The molecule has 5 heteroatoms. The van der Waals surface area contributed by atoms with Crippen molar-refractivity contribution in [3.8, 4) is 0 Å². The molecule has 100 valence electrons. The number of hydrogen-bond donors (Lipinski definition) is 2. The molecule has 0 radical (unpaired) electrons. The Hall–Kier alpha value is -0.680. The monoisotopic (exact) mass is 318 g/mol. The maximum Gasteiger partial charge on any atom is 0.263 e. The first-order valence-corrected chi connectivity index (χ1v) is 6.98. The molecular formula is C13H17BrF2N2. The van der Waals surface area contributed by atoms with E-state index in [-0.39, 0.29) is 5.56 Å². The summed E-state index contributed by atoms with van der Waals surface area (Å²) in [7, 11) is 0. The minimum absolute atomic E-state index is 0.0479. The summed E-state index contributed by atoms with van der Waals surface area (Å²) in [5, 5.41) is 6.68. The van der Waals surface area contributed by atoms with Crippen LogP contribution in [0.1, 0.15) is 24.8 Å². The second-order valence-corrected chi connectivity index (χ2v) is 5.49. The van der Waals surface area contributed by atoms with Gasteiger partial charge in [-0.25, -0.2) is 8.78 Å². The molecular weight excluding hydrogens is 302 g/mol. The Kier molecular flexibility index (Phi) is 4.95. The molecule has 1 heterocycles. The molecule has 0 amide bonds. The molecule has 1 fully saturated rings. The SMILES string of the molecule is FC(F)c1ccc(NCC2CCCNC2)c(Br)c1. The van der Waals surface area contributed by atoms with E-state index in [2.05, 4.69) is 26.6 Å². The fourth-order valence-electron chi connectivity index (χ4n) is 2.16. The summed E-state index contributed by atoms with van der Waals surface area (Å²) in [6.07, 6.45) is 0.00259. The van der Waals surface area contributed by atoms with Crippen LogP contribution in [0.3, 0.4) is 0 Å². The fourth-order valence-corrected chi connectivity index (χ4v) is 2.70. The van der Waals surface area contributed by atoms with Crippen LogP contribution in [-0.2, 0) is 0 Å². The maximum atomic E-state index is 12.5.